The third kappa shape index (κ3) is 7.83. The molecule has 0 saturated heterocycles. The van der Waals surface area contributed by atoms with Crippen molar-refractivity contribution in [2.75, 3.05) is 17.4 Å². The standard InChI is InChI=1S/C32H32BrN3O4S/c1-2-34-32(38)30(22-25-13-6-3-7-14-25)35(23-26-15-12-16-27(33)21-26)31(37)24-36(28-17-8-4-9-18-28)41(39,40)29-19-10-5-11-20-29/h3-21,30H,2,22-24H2,1H3,(H,34,38)/t30-/m0/s1. The molecule has 2 amide bonds. The fourth-order valence-corrected chi connectivity index (χ4v) is 6.40. The Morgan fingerprint density at radius 2 is 1.39 bits per heavy atom. The van der Waals surface area contributed by atoms with E-state index >= 15 is 0 Å². The lowest BCUT2D eigenvalue weighted by molar-refractivity contribution is -0.140. The zero-order valence-corrected chi connectivity index (χ0v) is 25.1. The number of carbonyl (C=O) groups excluding carboxylic acids is 2. The maximum absolute atomic E-state index is 14.3. The van der Waals surface area contributed by atoms with E-state index in [1.807, 2.05) is 61.5 Å². The van der Waals surface area contributed by atoms with Crippen molar-refractivity contribution in [2.45, 2.75) is 30.8 Å². The van der Waals surface area contributed by atoms with E-state index in [1.54, 1.807) is 48.5 Å². The number of carbonyl (C=O) groups is 2. The van der Waals surface area contributed by atoms with Crippen molar-refractivity contribution < 1.29 is 18.0 Å². The van der Waals surface area contributed by atoms with Crippen LogP contribution in [0.4, 0.5) is 5.69 Å². The molecule has 0 radical (unpaired) electrons. The van der Waals surface area contributed by atoms with Gasteiger partial charge in [0.05, 0.1) is 10.6 Å². The van der Waals surface area contributed by atoms with Crippen LogP contribution in [0.2, 0.25) is 0 Å². The molecular formula is C32H32BrN3O4S. The van der Waals surface area contributed by atoms with E-state index in [2.05, 4.69) is 21.2 Å². The van der Waals surface area contributed by atoms with Gasteiger partial charge in [-0.05, 0) is 54.4 Å². The summed E-state index contributed by atoms with van der Waals surface area (Å²) in [5.41, 5.74) is 2.03. The van der Waals surface area contributed by atoms with E-state index < -0.39 is 28.5 Å². The number of hydrogen-bond donors (Lipinski definition) is 1. The number of anilines is 1. The molecule has 0 spiro atoms. The molecule has 0 heterocycles. The van der Waals surface area contributed by atoms with Gasteiger partial charge in [0.1, 0.15) is 12.6 Å². The van der Waals surface area contributed by atoms with Crippen LogP contribution in [-0.4, -0.2) is 44.3 Å². The maximum atomic E-state index is 14.3. The lowest BCUT2D eigenvalue weighted by Gasteiger charge is -2.33. The van der Waals surface area contributed by atoms with E-state index in [1.165, 1.54) is 17.0 Å². The highest BCUT2D eigenvalue weighted by molar-refractivity contribution is 9.10. The summed E-state index contributed by atoms with van der Waals surface area (Å²) in [6.07, 6.45) is 0.267. The van der Waals surface area contributed by atoms with Crippen molar-refractivity contribution in [1.82, 2.24) is 10.2 Å². The fraction of sp³-hybridized carbons (Fsp3) is 0.188. The number of amides is 2. The molecule has 0 aliphatic heterocycles. The van der Waals surface area contributed by atoms with Crippen LogP contribution in [0.5, 0.6) is 0 Å². The van der Waals surface area contributed by atoms with E-state index in [0.29, 0.717) is 12.2 Å². The van der Waals surface area contributed by atoms with Gasteiger partial charge in [0.25, 0.3) is 10.0 Å². The minimum atomic E-state index is -4.10. The molecular weight excluding hydrogens is 602 g/mol. The van der Waals surface area contributed by atoms with Gasteiger partial charge in [-0.3, -0.25) is 13.9 Å². The van der Waals surface area contributed by atoms with E-state index in [9.17, 15) is 18.0 Å². The minimum Gasteiger partial charge on any atom is -0.355 e. The van der Waals surface area contributed by atoms with E-state index in [0.717, 1.165) is 19.9 Å². The molecule has 0 fully saturated rings. The number of nitrogens with one attached hydrogen (secondary N) is 1. The Labute approximate surface area is 250 Å². The third-order valence-electron chi connectivity index (χ3n) is 6.52. The SMILES string of the molecule is CCNC(=O)[C@H](Cc1ccccc1)N(Cc1cccc(Br)c1)C(=O)CN(c1ccccc1)S(=O)(=O)c1ccccc1. The number of nitrogens with zero attached hydrogens (tertiary/aromatic N) is 2. The van der Waals surface area contributed by atoms with Gasteiger partial charge >= 0.3 is 0 Å². The van der Waals surface area contributed by atoms with Crippen LogP contribution in [-0.2, 0) is 32.6 Å². The maximum Gasteiger partial charge on any atom is 0.264 e. The van der Waals surface area contributed by atoms with Crippen LogP contribution in [0.15, 0.2) is 125 Å². The second kappa shape index (κ2) is 14.1. The Morgan fingerprint density at radius 1 is 0.805 bits per heavy atom. The molecule has 0 aromatic heterocycles. The van der Waals surface area contributed by atoms with Gasteiger partial charge in [-0.1, -0.05) is 94.8 Å². The number of benzene rings is 4. The number of halogens is 1. The highest BCUT2D eigenvalue weighted by Gasteiger charge is 2.34. The van der Waals surface area contributed by atoms with Crippen molar-refractivity contribution in [3.8, 4) is 0 Å². The van der Waals surface area contributed by atoms with Gasteiger partial charge in [-0.2, -0.15) is 0 Å². The third-order valence-corrected chi connectivity index (χ3v) is 8.80. The number of hydrogen-bond acceptors (Lipinski definition) is 4. The summed E-state index contributed by atoms with van der Waals surface area (Å²) in [7, 11) is -4.10. The molecule has 4 aromatic carbocycles. The average molecular weight is 635 g/mol. The number of para-hydroxylation sites is 1. The smallest absolute Gasteiger partial charge is 0.264 e. The number of rotatable bonds is 12. The number of sulfonamides is 1. The highest BCUT2D eigenvalue weighted by Crippen LogP contribution is 2.25. The first-order valence-corrected chi connectivity index (χ1v) is 15.5. The predicted molar refractivity (Wildman–Crippen MR) is 165 cm³/mol. The zero-order valence-electron chi connectivity index (χ0n) is 22.7. The lowest BCUT2D eigenvalue weighted by atomic mass is 10.0. The van der Waals surface area contributed by atoms with E-state index in [4.69, 9.17) is 0 Å². The minimum absolute atomic E-state index is 0.0692. The van der Waals surface area contributed by atoms with Crippen molar-refractivity contribution in [3.63, 3.8) is 0 Å². The van der Waals surface area contributed by atoms with Crippen LogP contribution >= 0.6 is 15.9 Å². The molecule has 212 valence electrons. The summed E-state index contributed by atoms with van der Waals surface area (Å²) in [4.78, 5) is 29.3. The van der Waals surface area contributed by atoms with Gasteiger partial charge < -0.3 is 10.2 Å². The second-order valence-electron chi connectivity index (χ2n) is 9.41. The van der Waals surface area contributed by atoms with Gasteiger partial charge in [0.2, 0.25) is 11.8 Å². The summed E-state index contributed by atoms with van der Waals surface area (Å²) >= 11 is 3.49. The van der Waals surface area contributed by atoms with Gasteiger partial charge in [-0.25, -0.2) is 8.42 Å². The molecule has 4 aromatic rings. The second-order valence-corrected chi connectivity index (χ2v) is 12.2. The summed E-state index contributed by atoms with van der Waals surface area (Å²) < 4.78 is 29.7. The van der Waals surface area contributed by atoms with Gasteiger partial charge in [-0.15, -0.1) is 0 Å². The Bertz CT molecular complexity index is 1550. The van der Waals surface area contributed by atoms with Crippen LogP contribution in [0.25, 0.3) is 0 Å². The van der Waals surface area contributed by atoms with Crippen molar-refractivity contribution in [1.29, 1.82) is 0 Å². The zero-order chi connectivity index (χ0) is 29.2. The molecule has 7 nitrogen and oxygen atoms in total. The molecule has 0 bridgehead atoms. The molecule has 41 heavy (non-hydrogen) atoms. The van der Waals surface area contributed by atoms with Crippen molar-refractivity contribution in [2.24, 2.45) is 0 Å². The highest BCUT2D eigenvalue weighted by atomic mass is 79.9. The first-order valence-electron chi connectivity index (χ1n) is 13.3. The predicted octanol–water partition coefficient (Wildman–Crippen LogP) is 5.42. The summed E-state index contributed by atoms with van der Waals surface area (Å²) in [5, 5.41) is 2.87. The summed E-state index contributed by atoms with van der Waals surface area (Å²) in [5.74, 6) is -0.808. The first kappa shape index (κ1) is 30.0. The molecule has 4 rings (SSSR count). The van der Waals surface area contributed by atoms with Gasteiger partial charge in [0, 0.05) is 24.0 Å². The van der Waals surface area contributed by atoms with Crippen LogP contribution in [0.3, 0.4) is 0 Å². The Hall–Kier alpha value is -3.95. The Balaban J connectivity index is 1.77. The first-order chi connectivity index (χ1) is 19.8. The summed E-state index contributed by atoms with van der Waals surface area (Å²) in [6.45, 7) is 1.84. The molecule has 0 saturated carbocycles. The molecule has 0 aliphatic carbocycles. The normalized spacial score (nSPS) is 11.9. The van der Waals surface area contributed by atoms with Crippen LogP contribution in [0, 0.1) is 0 Å². The molecule has 1 atom stereocenters. The van der Waals surface area contributed by atoms with Crippen molar-refractivity contribution in [3.05, 3.63) is 131 Å². The topological polar surface area (TPSA) is 86.8 Å². The van der Waals surface area contributed by atoms with Crippen LogP contribution < -0.4 is 9.62 Å². The number of likely N-dealkylation sites (N-methyl/N-ethyl adjacent to an activating group) is 1. The Morgan fingerprint density at radius 3 is 2.00 bits per heavy atom. The molecule has 0 aliphatic rings. The monoisotopic (exact) mass is 633 g/mol. The quantitative estimate of drug-likeness (QED) is 0.226. The average Bonchev–Trinajstić information content (AvgIpc) is 2.99. The summed E-state index contributed by atoms with van der Waals surface area (Å²) in [6, 6.07) is 32.6. The van der Waals surface area contributed by atoms with E-state index in [-0.39, 0.29) is 23.8 Å². The Kier molecular flexibility index (Phi) is 10.3. The molecule has 1 N–H and O–H groups in total. The fourth-order valence-electron chi connectivity index (χ4n) is 4.52. The lowest BCUT2D eigenvalue weighted by Crippen LogP contribution is -2.53. The molecule has 0 unspecified atom stereocenters. The van der Waals surface area contributed by atoms with Gasteiger partial charge in [0.15, 0.2) is 0 Å². The molecule has 9 heteroatoms. The van der Waals surface area contributed by atoms with Crippen molar-refractivity contribution >= 4 is 43.5 Å². The van der Waals surface area contributed by atoms with Crippen LogP contribution in [0.1, 0.15) is 18.1 Å². The largest absolute Gasteiger partial charge is 0.355 e.